The standard InChI is InChI=1S/C13H17NOS/c15-13(6-5-12-7-10-16-11-12)14-8-3-1-2-4-9-14/h5-7,10-11H,1-4,8-9H2/b6-5+. The second-order valence-corrected chi connectivity index (χ2v) is 4.91. The van der Waals surface area contributed by atoms with E-state index in [9.17, 15) is 4.79 Å². The minimum atomic E-state index is 0.160. The molecule has 2 rings (SSSR count). The number of hydrogen-bond donors (Lipinski definition) is 0. The van der Waals surface area contributed by atoms with Crippen molar-refractivity contribution in [3.63, 3.8) is 0 Å². The predicted octanol–water partition coefficient (Wildman–Crippen LogP) is 3.16. The Kier molecular flexibility index (Phi) is 4.17. The second-order valence-electron chi connectivity index (χ2n) is 4.13. The number of likely N-dealkylation sites (tertiary alicyclic amines) is 1. The molecule has 1 aliphatic rings. The summed E-state index contributed by atoms with van der Waals surface area (Å²) in [5.41, 5.74) is 1.12. The van der Waals surface area contributed by atoms with E-state index in [-0.39, 0.29) is 5.91 Å². The molecule has 3 heteroatoms. The molecule has 0 N–H and O–H groups in total. The van der Waals surface area contributed by atoms with Crippen LogP contribution in [0.4, 0.5) is 0 Å². The molecule has 1 saturated heterocycles. The molecule has 0 radical (unpaired) electrons. The maximum atomic E-state index is 11.9. The first kappa shape index (κ1) is 11.4. The predicted molar refractivity (Wildman–Crippen MR) is 68.4 cm³/mol. The Hall–Kier alpha value is -1.09. The number of carbonyl (C=O) groups is 1. The molecule has 86 valence electrons. The maximum absolute atomic E-state index is 11.9. The van der Waals surface area contributed by atoms with Crippen LogP contribution in [0.25, 0.3) is 6.08 Å². The molecule has 0 atom stereocenters. The van der Waals surface area contributed by atoms with Crippen LogP contribution in [0, 0.1) is 0 Å². The normalized spacial score (nSPS) is 17.6. The molecule has 0 unspecified atom stereocenters. The van der Waals surface area contributed by atoms with Gasteiger partial charge in [-0.05, 0) is 41.3 Å². The van der Waals surface area contributed by atoms with Gasteiger partial charge in [0.25, 0.3) is 0 Å². The highest BCUT2D eigenvalue weighted by atomic mass is 32.1. The quantitative estimate of drug-likeness (QED) is 0.721. The number of hydrogen-bond acceptors (Lipinski definition) is 2. The lowest BCUT2D eigenvalue weighted by Gasteiger charge is -2.17. The van der Waals surface area contributed by atoms with Crippen molar-refractivity contribution in [3.8, 4) is 0 Å². The van der Waals surface area contributed by atoms with Crippen molar-refractivity contribution in [1.82, 2.24) is 4.90 Å². The summed E-state index contributed by atoms with van der Waals surface area (Å²) in [7, 11) is 0. The van der Waals surface area contributed by atoms with E-state index >= 15 is 0 Å². The second kappa shape index (κ2) is 5.85. The van der Waals surface area contributed by atoms with Gasteiger partial charge in [-0.15, -0.1) is 0 Å². The van der Waals surface area contributed by atoms with Gasteiger partial charge in [-0.2, -0.15) is 11.3 Å². The Bertz CT molecular complexity index is 348. The van der Waals surface area contributed by atoms with Crippen LogP contribution in [0.15, 0.2) is 22.9 Å². The number of rotatable bonds is 2. The van der Waals surface area contributed by atoms with Gasteiger partial charge in [-0.25, -0.2) is 0 Å². The highest BCUT2D eigenvalue weighted by Gasteiger charge is 2.12. The Morgan fingerprint density at radius 2 is 2.00 bits per heavy atom. The van der Waals surface area contributed by atoms with E-state index in [1.807, 2.05) is 27.8 Å². The monoisotopic (exact) mass is 235 g/mol. The smallest absolute Gasteiger partial charge is 0.246 e. The first-order valence-electron chi connectivity index (χ1n) is 5.85. The average Bonchev–Trinajstić information content (AvgIpc) is 2.66. The lowest BCUT2D eigenvalue weighted by molar-refractivity contribution is -0.125. The summed E-state index contributed by atoms with van der Waals surface area (Å²) in [5, 5.41) is 4.07. The van der Waals surface area contributed by atoms with Crippen molar-refractivity contribution in [2.75, 3.05) is 13.1 Å². The van der Waals surface area contributed by atoms with Gasteiger partial charge >= 0.3 is 0 Å². The number of carbonyl (C=O) groups excluding carboxylic acids is 1. The molecular formula is C13H17NOS. The lowest BCUT2D eigenvalue weighted by atomic mass is 10.2. The molecule has 1 amide bonds. The fourth-order valence-corrected chi connectivity index (χ4v) is 2.56. The van der Waals surface area contributed by atoms with Crippen molar-refractivity contribution in [2.45, 2.75) is 25.7 Å². The van der Waals surface area contributed by atoms with Gasteiger partial charge in [-0.3, -0.25) is 4.79 Å². The van der Waals surface area contributed by atoms with Crippen LogP contribution >= 0.6 is 11.3 Å². The fourth-order valence-electron chi connectivity index (χ4n) is 1.93. The van der Waals surface area contributed by atoms with Gasteiger partial charge in [0.1, 0.15) is 0 Å². The molecule has 0 saturated carbocycles. The van der Waals surface area contributed by atoms with Gasteiger partial charge in [0.05, 0.1) is 0 Å². The average molecular weight is 235 g/mol. The highest BCUT2D eigenvalue weighted by molar-refractivity contribution is 7.08. The summed E-state index contributed by atoms with van der Waals surface area (Å²) in [5.74, 6) is 0.160. The van der Waals surface area contributed by atoms with E-state index in [0.29, 0.717) is 0 Å². The zero-order chi connectivity index (χ0) is 11.2. The van der Waals surface area contributed by atoms with Crippen LogP contribution < -0.4 is 0 Å². The van der Waals surface area contributed by atoms with Crippen LogP contribution in [0.5, 0.6) is 0 Å². The summed E-state index contributed by atoms with van der Waals surface area (Å²) in [6.45, 7) is 1.85. The van der Waals surface area contributed by atoms with E-state index < -0.39 is 0 Å². The minimum absolute atomic E-state index is 0.160. The summed E-state index contributed by atoms with van der Waals surface area (Å²) < 4.78 is 0. The Morgan fingerprint density at radius 1 is 1.25 bits per heavy atom. The fraction of sp³-hybridized carbons (Fsp3) is 0.462. The zero-order valence-electron chi connectivity index (χ0n) is 9.39. The summed E-state index contributed by atoms with van der Waals surface area (Å²) >= 11 is 1.65. The van der Waals surface area contributed by atoms with E-state index in [1.54, 1.807) is 17.4 Å². The van der Waals surface area contributed by atoms with Crippen molar-refractivity contribution in [3.05, 3.63) is 28.5 Å². The van der Waals surface area contributed by atoms with Crippen LogP contribution in [0.3, 0.4) is 0 Å². The van der Waals surface area contributed by atoms with E-state index in [0.717, 1.165) is 31.5 Å². The van der Waals surface area contributed by atoms with Crippen molar-refractivity contribution >= 4 is 23.3 Å². The molecule has 0 aromatic carbocycles. The van der Waals surface area contributed by atoms with Crippen LogP contribution in [0.2, 0.25) is 0 Å². The lowest BCUT2D eigenvalue weighted by Crippen LogP contribution is -2.30. The molecule has 1 fully saturated rings. The molecule has 1 aromatic heterocycles. The topological polar surface area (TPSA) is 20.3 Å². The number of nitrogens with zero attached hydrogens (tertiary/aromatic N) is 1. The van der Waals surface area contributed by atoms with E-state index in [1.165, 1.54) is 12.8 Å². The molecule has 2 nitrogen and oxygen atoms in total. The number of amides is 1. The van der Waals surface area contributed by atoms with Crippen LogP contribution in [-0.2, 0) is 4.79 Å². The third-order valence-corrected chi connectivity index (χ3v) is 3.58. The maximum Gasteiger partial charge on any atom is 0.246 e. The van der Waals surface area contributed by atoms with Gasteiger partial charge in [-0.1, -0.05) is 12.8 Å². The third-order valence-electron chi connectivity index (χ3n) is 2.88. The largest absolute Gasteiger partial charge is 0.339 e. The molecule has 1 aromatic rings. The highest BCUT2D eigenvalue weighted by Crippen LogP contribution is 2.11. The Balaban J connectivity index is 1.91. The summed E-state index contributed by atoms with van der Waals surface area (Å²) in [4.78, 5) is 13.9. The molecule has 16 heavy (non-hydrogen) atoms. The van der Waals surface area contributed by atoms with Crippen molar-refractivity contribution < 1.29 is 4.79 Å². The third kappa shape index (κ3) is 3.20. The van der Waals surface area contributed by atoms with Gasteiger partial charge in [0.15, 0.2) is 0 Å². The molecule has 0 bridgehead atoms. The SMILES string of the molecule is O=C(/C=C/c1ccsc1)N1CCCCCC1. The van der Waals surface area contributed by atoms with E-state index in [2.05, 4.69) is 0 Å². The molecular weight excluding hydrogens is 218 g/mol. The van der Waals surface area contributed by atoms with Gasteiger partial charge in [0.2, 0.25) is 5.91 Å². The number of thiophene rings is 1. The molecule has 0 aliphatic carbocycles. The van der Waals surface area contributed by atoms with Gasteiger partial charge < -0.3 is 4.90 Å². The van der Waals surface area contributed by atoms with Crippen LogP contribution in [0.1, 0.15) is 31.2 Å². The molecule has 1 aliphatic heterocycles. The summed E-state index contributed by atoms with van der Waals surface area (Å²) in [6.07, 6.45) is 8.43. The molecule has 2 heterocycles. The Morgan fingerprint density at radius 3 is 2.62 bits per heavy atom. The first-order chi connectivity index (χ1) is 7.86. The van der Waals surface area contributed by atoms with Crippen molar-refractivity contribution in [2.24, 2.45) is 0 Å². The van der Waals surface area contributed by atoms with Crippen LogP contribution in [-0.4, -0.2) is 23.9 Å². The molecule has 0 spiro atoms. The first-order valence-corrected chi connectivity index (χ1v) is 6.80. The van der Waals surface area contributed by atoms with Crippen molar-refractivity contribution in [1.29, 1.82) is 0 Å². The van der Waals surface area contributed by atoms with E-state index in [4.69, 9.17) is 0 Å². The zero-order valence-corrected chi connectivity index (χ0v) is 10.2. The minimum Gasteiger partial charge on any atom is -0.339 e. The van der Waals surface area contributed by atoms with Gasteiger partial charge in [0, 0.05) is 19.2 Å². The Labute approximate surface area is 101 Å². The summed E-state index contributed by atoms with van der Waals surface area (Å²) in [6, 6.07) is 2.02.